The Balaban J connectivity index is 2.27. The first-order valence-electron chi connectivity index (χ1n) is 4.16. The molecule has 0 aromatic carbocycles. The third-order valence-corrected chi connectivity index (χ3v) is 1.64. The number of carboxylic acids is 1. The molecule has 15 heavy (non-hydrogen) atoms. The monoisotopic (exact) mass is 214 g/mol. The van der Waals surface area contributed by atoms with Gasteiger partial charge in [-0.05, 0) is 0 Å². The Kier molecular flexibility index (Phi) is 3.75. The van der Waals surface area contributed by atoms with E-state index in [2.05, 4.69) is 20.7 Å². The van der Waals surface area contributed by atoms with E-state index in [1.54, 1.807) is 0 Å². The quantitative estimate of drug-likeness (QED) is 0.466. The average molecular weight is 214 g/mol. The first-order chi connectivity index (χ1) is 7.11. The van der Waals surface area contributed by atoms with Gasteiger partial charge >= 0.3 is 5.97 Å². The SMILES string of the molecule is O=C(NCC[C@H](O)C(=O)O)c1cn[nH]n1. The van der Waals surface area contributed by atoms with Gasteiger partial charge in [-0.3, -0.25) is 4.79 Å². The summed E-state index contributed by atoms with van der Waals surface area (Å²) < 4.78 is 0. The van der Waals surface area contributed by atoms with Gasteiger partial charge in [-0.25, -0.2) is 4.79 Å². The molecule has 82 valence electrons. The first kappa shape index (κ1) is 11.1. The number of nitrogens with zero attached hydrogens (tertiary/aromatic N) is 2. The van der Waals surface area contributed by atoms with E-state index in [4.69, 9.17) is 10.2 Å². The van der Waals surface area contributed by atoms with Gasteiger partial charge in [0.25, 0.3) is 5.91 Å². The Morgan fingerprint density at radius 3 is 2.87 bits per heavy atom. The van der Waals surface area contributed by atoms with Crippen molar-refractivity contribution in [3.8, 4) is 0 Å². The van der Waals surface area contributed by atoms with Crippen LogP contribution in [0.25, 0.3) is 0 Å². The Morgan fingerprint density at radius 1 is 1.60 bits per heavy atom. The fourth-order valence-electron chi connectivity index (χ4n) is 0.847. The van der Waals surface area contributed by atoms with Crippen molar-refractivity contribution in [1.82, 2.24) is 20.7 Å². The number of aromatic nitrogens is 3. The van der Waals surface area contributed by atoms with E-state index in [0.29, 0.717) is 0 Å². The number of aromatic amines is 1. The topological polar surface area (TPSA) is 128 Å². The lowest BCUT2D eigenvalue weighted by atomic mass is 10.2. The highest BCUT2D eigenvalue weighted by molar-refractivity contribution is 5.91. The molecular weight excluding hydrogens is 204 g/mol. The van der Waals surface area contributed by atoms with Gasteiger partial charge in [0.1, 0.15) is 0 Å². The number of carbonyl (C=O) groups excluding carboxylic acids is 1. The highest BCUT2D eigenvalue weighted by atomic mass is 16.4. The second kappa shape index (κ2) is 5.05. The highest BCUT2D eigenvalue weighted by Gasteiger charge is 2.13. The highest BCUT2D eigenvalue weighted by Crippen LogP contribution is 1.92. The number of nitrogens with one attached hydrogen (secondary N) is 2. The lowest BCUT2D eigenvalue weighted by Crippen LogP contribution is -2.30. The second-order valence-electron chi connectivity index (χ2n) is 2.75. The van der Waals surface area contributed by atoms with Crippen molar-refractivity contribution in [2.45, 2.75) is 12.5 Å². The van der Waals surface area contributed by atoms with E-state index in [-0.39, 0.29) is 18.7 Å². The predicted octanol–water partition coefficient (Wildman–Crippen LogP) is -1.63. The molecule has 0 spiro atoms. The third kappa shape index (κ3) is 3.35. The minimum absolute atomic E-state index is 0.0547. The van der Waals surface area contributed by atoms with Crippen molar-refractivity contribution >= 4 is 11.9 Å². The van der Waals surface area contributed by atoms with Crippen LogP contribution in [0.4, 0.5) is 0 Å². The lowest BCUT2D eigenvalue weighted by molar-refractivity contribution is -0.146. The predicted molar refractivity (Wildman–Crippen MR) is 47.0 cm³/mol. The van der Waals surface area contributed by atoms with Crippen LogP contribution in [0.1, 0.15) is 16.9 Å². The minimum atomic E-state index is -1.47. The molecule has 8 heteroatoms. The van der Waals surface area contributed by atoms with Crippen molar-refractivity contribution in [1.29, 1.82) is 0 Å². The molecule has 1 aromatic rings. The summed E-state index contributed by atoms with van der Waals surface area (Å²) in [5, 5.41) is 28.8. The van der Waals surface area contributed by atoms with Crippen LogP contribution in [-0.2, 0) is 4.79 Å². The van der Waals surface area contributed by atoms with E-state index in [1.807, 2.05) is 0 Å². The molecule has 8 nitrogen and oxygen atoms in total. The molecule has 0 unspecified atom stereocenters. The molecular formula is C7H10N4O4. The van der Waals surface area contributed by atoms with Crippen LogP contribution in [0.5, 0.6) is 0 Å². The van der Waals surface area contributed by atoms with E-state index in [1.165, 1.54) is 6.20 Å². The number of amides is 1. The van der Waals surface area contributed by atoms with E-state index in [0.717, 1.165) is 0 Å². The Bertz CT molecular complexity index is 337. The number of carbonyl (C=O) groups is 2. The zero-order valence-electron chi connectivity index (χ0n) is 7.67. The van der Waals surface area contributed by atoms with Gasteiger partial charge in [-0.15, -0.1) is 0 Å². The van der Waals surface area contributed by atoms with Crippen molar-refractivity contribution in [2.75, 3.05) is 6.54 Å². The summed E-state index contributed by atoms with van der Waals surface area (Å²) in [6, 6.07) is 0. The van der Waals surface area contributed by atoms with Crippen molar-refractivity contribution < 1.29 is 19.8 Å². The van der Waals surface area contributed by atoms with Crippen LogP contribution in [0, 0.1) is 0 Å². The number of H-pyrrole nitrogens is 1. The van der Waals surface area contributed by atoms with Gasteiger partial charge in [0.2, 0.25) is 0 Å². The molecule has 0 aliphatic heterocycles. The van der Waals surface area contributed by atoms with Gasteiger partial charge in [-0.1, -0.05) is 0 Å². The summed E-state index contributed by atoms with van der Waals surface area (Å²) in [7, 11) is 0. The average Bonchev–Trinajstić information content (AvgIpc) is 2.70. The number of hydrogen-bond donors (Lipinski definition) is 4. The summed E-state index contributed by atoms with van der Waals surface area (Å²) in [5.74, 6) is -1.79. The summed E-state index contributed by atoms with van der Waals surface area (Å²) in [6.45, 7) is 0.0547. The van der Waals surface area contributed by atoms with Crippen molar-refractivity contribution in [2.24, 2.45) is 0 Å². The van der Waals surface area contributed by atoms with Crippen molar-refractivity contribution in [3.63, 3.8) is 0 Å². The van der Waals surface area contributed by atoms with Gasteiger partial charge in [0, 0.05) is 13.0 Å². The van der Waals surface area contributed by atoms with Crippen LogP contribution >= 0.6 is 0 Å². The molecule has 0 aliphatic carbocycles. The summed E-state index contributed by atoms with van der Waals surface area (Å²) in [6.07, 6.45) is -0.287. The standard InChI is InChI=1S/C7H10N4O4/c12-5(7(14)15)1-2-8-6(13)4-3-9-11-10-4/h3,5,12H,1-2H2,(H,8,13)(H,14,15)(H,9,10,11)/t5-/m0/s1. The number of carboxylic acid groups (broad SMARTS) is 1. The smallest absolute Gasteiger partial charge is 0.332 e. The molecule has 4 N–H and O–H groups in total. The minimum Gasteiger partial charge on any atom is -0.479 e. The van der Waals surface area contributed by atoms with Crippen molar-refractivity contribution in [3.05, 3.63) is 11.9 Å². The molecule has 0 fully saturated rings. The second-order valence-corrected chi connectivity index (χ2v) is 2.75. The lowest BCUT2D eigenvalue weighted by Gasteiger charge is -2.05. The molecule has 0 bridgehead atoms. The largest absolute Gasteiger partial charge is 0.479 e. The Morgan fingerprint density at radius 2 is 2.33 bits per heavy atom. The van der Waals surface area contributed by atoms with E-state index < -0.39 is 18.0 Å². The normalized spacial score (nSPS) is 12.1. The van der Waals surface area contributed by atoms with Gasteiger partial charge in [0.15, 0.2) is 11.8 Å². The molecule has 0 radical (unpaired) electrons. The fraction of sp³-hybridized carbons (Fsp3) is 0.429. The summed E-state index contributed by atoms with van der Waals surface area (Å²) in [4.78, 5) is 21.4. The number of aliphatic carboxylic acids is 1. The number of rotatable bonds is 5. The van der Waals surface area contributed by atoms with E-state index in [9.17, 15) is 9.59 Å². The molecule has 1 heterocycles. The molecule has 1 aromatic heterocycles. The molecule has 1 atom stereocenters. The Labute approximate surface area is 84.3 Å². The van der Waals surface area contributed by atoms with Crippen LogP contribution in [0.3, 0.4) is 0 Å². The van der Waals surface area contributed by atoms with Gasteiger partial charge < -0.3 is 15.5 Å². The molecule has 0 saturated heterocycles. The fourth-order valence-corrected chi connectivity index (χ4v) is 0.847. The first-order valence-corrected chi connectivity index (χ1v) is 4.16. The summed E-state index contributed by atoms with van der Waals surface area (Å²) >= 11 is 0. The maximum atomic E-state index is 11.2. The number of aliphatic hydroxyl groups excluding tert-OH is 1. The molecule has 0 saturated carbocycles. The van der Waals surface area contributed by atoms with Gasteiger partial charge in [0.05, 0.1) is 6.20 Å². The maximum absolute atomic E-state index is 11.2. The van der Waals surface area contributed by atoms with Crippen LogP contribution in [-0.4, -0.2) is 50.1 Å². The summed E-state index contributed by atoms with van der Waals surface area (Å²) in [5.41, 5.74) is 0.111. The van der Waals surface area contributed by atoms with E-state index >= 15 is 0 Å². The van der Waals surface area contributed by atoms with Gasteiger partial charge in [-0.2, -0.15) is 15.4 Å². The third-order valence-electron chi connectivity index (χ3n) is 1.64. The maximum Gasteiger partial charge on any atom is 0.332 e. The number of hydrogen-bond acceptors (Lipinski definition) is 5. The zero-order valence-corrected chi connectivity index (χ0v) is 7.67. The zero-order chi connectivity index (χ0) is 11.3. The number of aliphatic hydroxyl groups is 1. The Hall–Kier alpha value is -1.96. The van der Waals surface area contributed by atoms with Crippen LogP contribution in [0.15, 0.2) is 6.20 Å². The van der Waals surface area contributed by atoms with Crippen LogP contribution < -0.4 is 5.32 Å². The van der Waals surface area contributed by atoms with Crippen LogP contribution in [0.2, 0.25) is 0 Å². The molecule has 0 aliphatic rings. The molecule has 1 rings (SSSR count). The molecule has 1 amide bonds.